The number of amides is 2. The van der Waals surface area contributed by atoms with Gasteiger partial charge in [-0.2, -0.15) is 0 Å². The van der Waals surface area contributed by atoms with E-state index in [4.69, 9.17) is 12.3 Å². The Hall–Kier alpha value is -2.78. The second kappa shape index (κ2) is 8.71. The summed E-state index contributed by atoms with van der Waals surface area (Å²) in [6.45, 7) is 0. The zero-order valence-corrected chi connectivity index (χ0v) is 16.0. The fourth-order valence-electron chi connectivity index (χ4n) is 3.95. The molecular weight excluding hydrogens is 382 g/mol. The number of esters is 2. The second-order valence-electron chi connectivity index (χ2n) is 6.69. The zero-order valence-electron chi connectivity index (χ0n) is 18.0. The van der Waals surface area contributed by atoms with Gasteiger partial charge in [-0.3, -0.25) is 19.2 Å². The zero-order chi connectivity index (χ0) is 22.7. The van der Waals surface area contributed by atoms with Crippen LogP contribution in [0.15, 0.2) is 30.3 Å². The van der Waals surface area contributed by atoms with Gasteiger partial charge in [-0.15, -0.1) is 0 Å². The number of anilines is 1. The molecule has 9 heteroatoms. The van der Waals surface area contributed by atoms with E-state index in [2.05, 4.69) is 9.85 Å². The molecule has 0 spiro atoms. The Kier molecular flexibility index (Phi) is 5.48. The van der Waals surface area contributed by atoms with Crippen LogP contribution in [-0.4, -0.2) is 62.8 Å². The third kappa shape index (κ3) is 3.75. The molecule has 1 aromatic carbocycles. The van der Waals surface area contributed by atoms with Gasteiger partial charge in [-0.25, -0.2) is 4.90 Å². The highest BCUT2D eigenvalue weighted by Gasteiger charge is 2.66. The van der Waals surface area contributed by atoms with Gasteiger partial charge in [0.1, 0.15) is 12.2 Å². The van der Waals surface area contributed by atoms with Crippen molar-refractivity contribution in [3.63, 3.8) is 0 Å². The Labute approximate surface area is 170 Å². The first-order chi connectivity index (χ1) is 14.8. The first kappa shape index (κ1) is 18.3. The highest BCUT2D eigenvalue weighted by Crippen LogP contribution is 2.50. The van der Waals surface area contributed by atoms with E-state index in [9.17, 15) is 19.2 Å². The Morgan fingerprint density at radius 2 is 1.86 bits per heavy atom. The van der Waals surface area contributed by atoms with Crippen LogP contribution in [0.1, 0.15) is 20.6 Å². The van der Waals surface area contributed by atoms with E-state index in [1.807, 2.05) is 0 Å². The molecule has 29 heavy (non-hydrogen) atoms. The summed E-state index contributed by atoms with van der Waals surface area (Å²) in [5.41, 5.74) is 0.472. The van der Waals surface area contributed by atoms with Gasteiger partial charge in [0.25, 0.3) is 0 Å². The molecule has 3 aliphatic rings. The molecule has 0 aliphatic carbocycles. The van der Waals surface area contributed by atoms with Crippen LogP contribution in [0.4, 0.5) is 5.69 Å². The molecule has 0 radical (unpaired) electrons. The number of aliphatic hydroxyl groups is 1. The van der Waals surface area contributed by atoms with Gasteiger partial charge in [0.05, 0.1) is 43.6 Å². The van der Waals surface area contributed by atoms with Gasteiger partial charge >= 0.3 is 11.9 Å². The lowest BCUT2D eigenvalue weighted by Gasteiger charge is -2.25. The Bertz CT molecular complexity index is 851. The predicted octanol–water partition coefficient (Wildman–Crippen LogP) is 0.437. The van der Waals surface area contributed by atoms with Crippen LogP contribution in [0.2, 0.25) is 0 Å². The van der Waals surface area contributed by atoms with Gasteiger partial charge in [-0.05, 0) is 12.1 Å². The van der Waals surface area contributed by atoms with E-state index in [-0.39, 0.29) is 18.7 Å². The topological polar surface area (TPSA) is 119 Å². The van der Waals surface area contributed by atoms with Crippen molar-refractivity contribution in [3.8, 4) is 0 Å². The van der Waals surface area contributed by atoms with Crippen LogP contribution in [0, 0.1) is 11.8 Å². The number of hydrogen-bond acceptors (Lipinski definition) is 8. The number of carbonyl (C=O) groups excluding carboxylic acids is 4. The van der Waals surface area contributed by atoms with Crippen molar-refractivity contribution in [2.24, 2.45) is 11.8 Å². The summed E-state index contributed by atoms with van der Waals surface area (Å²) in [5.74, 6) is -3.53. The molecule has 0 saturated carbocycles. The average Bonchev–Trinajstić information content (AvgIpc) is 3.37. The van der Waals surface area contributed by atoms with Gasteiger partial charge in [0.2, 0.25) is 13.2 Å². The van der Waals surface area contributed by atoms with Crippen molar-refractivity contribution < 1.29 is 39.9 Å². The molecule has 156 valence electrons. The number of imide groups is 1. The first-order valence-corrected chi connectivity index (χ1v) is 9.11. The van der Waals surface area contributed by atoms with Crippen LogP contribution in [0.5, 0.6) is 0 Å². The van der Waals surface area contributed by atoms with Crippen molar-refractivity contribution in [1.82, 2.24) is 0 Å². The Balaban J connectivity index is 0.000000858. The lowest BCUT2D eigenvalue weighted by atomic mass is 9.79. The standard InChI is InChI=1S/C19H19NO7.CH4O/c1-25-13(21)7-8-14(22)26-12-9-11-15-16(17(12)27-11)19(24)20(18(15)23)10-5-3-2-4-6-10;1-2/h2-6,11-12,15-17H,7-9H2,1H3;2H,1H3/i9D;2T. The van der Waals surface area contributed by atoms with Crippen molar-refractivity contribution in [2.45, 2.75) is 37.6 Å². The maximum Gasteiger partial charge on any atom is 0.306 e. The summed E-state index contributed by atoms with van der Waals surface area (Å²) in [4.78, 5) is 50.1. The number of rotatable bonds is 5. The minimum atomic E-state index is -0.971. The maximum absolute atomic E-state index is 12.9. The summed E-state index contributed by atoms with van der Waals surface area (Å²) < 4.78 is 29.6. The molecule has 2 bridgehead atoms. The smallest absolute Gasteiger partial charge is 0.306 e. The van der Waals surface area contributed by atoms with Crippen LogP contribution >= 0.6 is 0 Å². The van der Waals surface area contributed by atoms with Crippen LogP contribution in [-0.2, 0) is 33.4 Å². The average molecular weight is 408 g/mol. The summed E-state index contributed by atoms with van der Waals surface area (Å²) in [6, 6.07) is 8.58. The monoisotopic (exact) mass is 408 g/mol. The largest absolute Gasteiger partial charge is 0.469 e. The third-order valence-corrected chi connectivity index (χ3v) is 5.17. The summed E-state index contributed by atoms with van der Waals surface area (Å²) >= 11 is 0. The first-order valence-electron chi connectivity index (χ1n) is 10.1. The number of methoxy groups -OCH3 is 1. The normalized spacial score (nSPS) is 32.7. The fraction of sp³-hybridized carbons (Fsp3) is 0.500. The van der Waals surface area contributed by atoms with E-state index in [0.717, 1.165) is 4.90 Å². The summed E-state index contributed by atoms with van der Waals surface area (Å²) in [5, 5.41) is 3.50. The molecule has 3 aliphatic heterocycles. The molecule has 4 rings (SSSR count). The van der Waals surface area contributed by atoms with Crippen LogP contribution in [0.3, 0.4) is 0 Å². The molecule has 9 nitrogen and oxygen atoms in total. The minimum Gasteiger partial charge on any atom is -0.469 e. The number of carbonyl (C=O) groups is 4. The quantitative estimate of drug-likeness (QED) is 0.550. The van der Waals surface area contributed by atoms with E-state index < -0.39 is 54.4 Å². The highest BCUT2D eigenvalue weighted by atomic mass is 16.6. The van der Waals surface area contributed by atoms with Gasteiger partial charge in [-0.1, -0.05) is 18.2 Å². The van der Waals surface area contributed by atoms with Crippen LogP contribution in [0.25, 0.3) is 0 Å². The summed E-state index contributed by atoms with van der Waals surface area (Å²) in [7, 11) is 2.51. The van der Waals surface area contributed by atoms with Crippen molar-refractivity contribution in [3.05, 3.63) is 30.3 Å². The molecule has 3 saturated heterocycles. The molecule has 6 unspecified atom stereocenters. The number of aliphatic hydroxyl groups excluding tert-OH is 1. The van der Waals surface area contributed by atoms with Crippen molar-refractivity contribution in [1.29, 1.82) is 1.43 Å². The SMILES string of the molecule is [2H]C1C(OC(=O)CCC(=O)OC)C2OC1C1C(=O)N(c3ccccc3)C(=O)C21.[3H]OC. The molecule has 3 fully saturated rings. The lowest BCUT2D eigenvalue weighted by molar-refractivity contribution is -0.156. The van der Waals surface area contributed by atoms with Crippen LogP contribution < -0.4 is 4.90 Å². The van der Waals surface area contributed by atoms with E-state index in [1.54, 1.807) is 30.3 Å². The number of nitrogens with zero attached hydrogens (tertiary/aromatic N) is 1. The van der Waals surface area contributed by atoms with E-state index in [0.29, 0.717) is 5.69 Å². The maximum atomic E-state index is 12.9. The molecular formula is C20H23NO8. The number of benzene rings is 1. The molecule has 6 atom stereocenters. The fourth-order valence-corrected chi connectivity index (χ4v) is 3.95. The predicted molar refractivity (Wildman–Crippen MR) is 98.5 cm³/mol. The number of para-hydroxylation sites is 1. The Morgan fingerprint density at radius 3 is 2.52 bits per heavy atom. The van der Waals surface area contributed by atoms with Gasteiger partial charge in [0.15, 0.2) is 0 Å². The van der Waals surface area contributed by atoms with Gasteiger partial charge < -0.3 is 19.3 Å². The van der Waals surface area contributed by atoms with E-state index >= 15 is 0 Å². The molecule has 1 aromatic rings. The summed E-state index contributed by atoms with van der Waals surface area (Å²) in [6.07, 6.45) is -3.90. The minimum absolute atomic E-state index is 0.134. The number of fused-ring (bicyclic) bond motifs is 5. The number of ether oxygens (including phenoxy) is 3. The third-order valence-electron chi connectivity index (χ3n) is 5.17. The van der Waals surface area contributed by atoms with Gasteiger partial charge in [0, 0.05) is 14.9 Å². The molecule has 0 aromatic heterocycles. The Morgan fingerprint density at radius 1 is 1.24 bits per heavy atom. The lowest BCUT2D eigenvalue weighted by Crippen LogP contribution is -2.41. The molecule has 2 amide bonds. The highest BCUT2D eigenvalue weighted by molar-refractivity contribution is 6.22. The number of hydrogen-bond donors (Lipinski definition) is 1. The molecule has 3 heterocycles. The van der Waals surface area contributed by atoms with Crippen molar-refractivity contribution >= 4 is 29.4 Å². The van der Waals surface area contributed by atoms with Crippen molar-refractivity contribution in [2.75, 3.05) is 19.1 Å². The second-order valence-corrected chi connectivity index (χ2v) is 6.69. The molecule has 1 N–H and O–H groups in total. The van der Waals surface area contributed by atoms with E-state index in [1.165, 1.54) is 14.2 Å².